The first-order chi connectivity index (χ1) is 10.1. The van der Waals surface area contributed by atoms with Crippen LogP contribution >= 0.6 is 0 Å². The molecule has 1 aromatic rings. The molecule has 1 aliphatic rings. The molecule has 0 radical (unpaired) electrons. The van der Waals surface area contributed by atoms with Crippen molar-refractivity contribution in [3.8, 4) is 11.5 Å². The van der Waals surface area contributed by atoms with E-state index < -0.39 is 0 Å². The van der Waals surface area contributed by atoms with Crippen molar-refractivity contribution in [2.45, 2.75) is 38.6 Å². The number of methoxy groups -OCH3 is 2. The Labute approximate surface area is 125 Å². The molecule has 0 bridgehead atoms. The van der Waals surface area contributed by atoms with Crippen molar-refractivity contribution in [2.75, 3.05) is 20.0 Å². The number of amides is 1. The SMILES string of the molecule is COc1cc(OC)c(N)c(C(=O)NC(C)C2CCCC2)c1. The maximum Gasteiger partial charge on any atom is 0.253 e. The summed E-state index contributed by atoms with van der Waals surface area (Å²) >= 11 is 0. The van der Waals surface area contributed by atoms with Gasteiger partial charge in [0.1, 0.15) is 11.5 Å². The molecule has 2 rings (SSSR count). The van der Waals surface area contributed by atoms with E-state index in [1.54, 1.807) is 19.2 Å². The van der Waals surface area contributed by atoms with Crippen LogP contribution < -0.4 is 20.5 Å². The maximum atomic E-state index is 12.5. The van der Waals surface area contributed by atoms with E-state index in [0.717, 1.165) is 0 Å². The number of nitrogen functional groups attached to an aromatic ring is 1. The van der Waals surface area contributed by atoms with Gasteiger partial charge in [-0.25, -0.2) is 0 Å². The summed E-state index contributed by atoms with van der Waals surface area (Å²) in [6.07, 6.45) is 4.86. The van der Waals surface area contributed by atoms with Gasteiger partial charge >= 0.3 is 0 Å². The highest BCUT2D eigenvalue weighted by molar-refractivity contribution is 6.01. The van der Waals surface area contributed by atoms with Crippen LogP contribution in [-0.4, -0.2) is 26.2 Å². The third-order valence-electron chi connectivity index (χ3n) is 4.28. The number of hydrogen-bond donors (Lipinski definition) is 2. The lowest BCUT2D eigenvalue weighted by Crippen LogP contribution is -2.37. The van der Waals surface area contributed by atoms with Crippen molar-refractivity contribution >= 4 is 11.6 Å². The van der Waals surface area contributed by atoms with Crippen molar-refractivity contribution in [3.63, 3.8) is 0 Å². The lowest BCUT2D eigenvalue weighted by Gasteiger charge is -2.21. The largest absolute Gasteiger partial charge is 0.497 e. The lowest BCUT2D eigenvalue weighted by atomic mass is 9.99. The number of nitrogens with two attached hydrogens (primary N) is 1. The Balaban J connectivity index is 2.17. The van der Waals surface area contributed by atoms with Gasteiger partial charge in [-0.1, -0.05) is 12.8 Å². The minimum atomic E-state index is -0.177. The number of anilines is 1. The molecule has 5 heteroatoms. The van der Waals surface area contributed by atoms with Crippen LogP contribution in [0, 0.1) is 5.92 Å². The Morgan fingerprint density at radius 3 is 2.52 bits per heavy atom. The molecular weight excluding hydrogens is 268 g/mol. The zero-order chi connectivity index (χ0) is 15.4. The number of carbonyl (C=O) groups excluding carboxylic acids is 1. The summed E-state index contributed by atoms with van der Waals surface area (Å²) in [7, 11) is 3.07. The van der Waals surface area contributed by atoms with Crippen LogP contribution in [0.2, 0.25) is 0 Å². The minimum absolute atomic E-state index is 0.150. The Morgan fingerprint density at radius 1 is 1.29 bits per heavy atom. The molecule has 0 heterocycles. The molecule has 21 heavy (non-hydrogen) atoms. The highest BCUT2D eigenvalue weighted by Gasteiger charge is 2.24. The van der Waals surface area contributed by atoms with Crippen molar-refractivity contribution < 1.29 is 14.3 Å². The monoisotopic (exact) mass is 292 g/mol. The van der Waals surface area contributed by atoms with Gasteiger partial charge in [-0.15, -0.1) is 0 Å². The molecule has 0 spiro atoms. The zero-order valence-electron chi connectivity index (χ0n) is 12.9. The van der Waals surface area contributed by atoms with Crippen molar-refractivity contribution in [1.29, 1.82) is 0 Å². The molecule has 1 unspecified atom stereocenters. The zero-order valence-corrected chi connectivity index (χ0v) is 12.9. The number of carbonyl (C=O) groups is 1. The molecule has 1 amide bonds. The number of nitrogens with one attached hydrogen (secondary N) is 1. The first-order valence-electron chi connectivity index (χ1n) is 7.39. The molecule has 0 aromatic heterocycles. The summed E-state index contributed by atoms with van der Waals surface area (Å²) in [5.41, 5.74) is 6.75. The third-order valence-corrected chi connectivity index (χ3v) is 4.28. The molecular formula is C16H24N2O3. The highest BCUT2D eigenvalue weighted by Crippen LogP contribution is 2.32. The van der Waals surface area contributed by atoms with Crippen LogP contribution in [0.1, 0.15) is 43.0 Å². The second-order valence-corrected chi connectivity index (χ2v) is 5.60. The molecule has 116 valence electrons. The van der Waals surface area contributed by atoms with Gasteiger partial charge in [0.15, 0.2) is 0 Å². The van der Waals surface area contributed by atoms with E-state index in [9.17, 15) is 4.79 Å². The van der Waals surface area contributed by atoms with Crippen LogP contribution in [-0.2, 0) is 0 Å². The van der Waals surface area contributed by atoms with Gasteiger partial charge in [-0.3, -0.25) is 4.79 Å². The summed E-state index contributed by atoms with van der Waals surface area (Å²) in [5.74, 6) is 1.39. The number of hydrogen-bond acceptors (Lipinski definition) is 4. The Bertz CT molecular complexity index is 510. The first kappa shape index (κ1) is 15.5. The smallest absolute Gasteiger partial charge is 0.253 e. The van der Waals surface area contributed by atoms with Gasteiger partial charge in [0, 0.05) is 12.1 Å². The third kappa shape index (κ3) is 3.40. The number of ether oxygens (including phenoxy) is 2. The standard InChI is InChI=1S/C16H24N2O3/c1-10(11-6-4-5-7-11)18-16(19)13-8-12(20-2)9-14(21-3)15(13)17/h8-11H,4-7,17H2,1-3H3,(H,18,19). The van der Waals surface area contributed by atoms with E-state index in [0.29, 0.717) is 28.7 Å². The van der Waals surface area contributed by atoms with Crippen molar-refractivity contribution in [1.82, 2.24) is 5.32 Å². The Kier molecular flexibility index (Phi) is 4.94. The summed E-state index contributed by atoms with van der Waals surface area (Å²) in [4.78, 5) is 12.5. The second kappa shape index (κ2) is 6.70. The van der Waals surface area contributed by atoms with Gasteiger partial charge in [-0.2, -0.15) is 0 Å². The van der Waals surface area contributed by atoms with Crippen molar-refractivity contribution in [2.24, 2.45) is 5.92 Å². The summed E-state index contributed by atoms with van der Waals surface area (Å²) < 4.78 is 10.4. The summed E-state index contributed by atoms with van der Waals surface area (Å²) in [6, 6.07) is 3.47. The van der Waals surface area contributed by atoms with Crippen LogP contribution in [0.15, 0.2) is 12.1 Å². The predicted molar refractivity (Wildman–Crippen MR) is 82.8 cm³/mol. The van der Waals surface area contributed by atoms with Crippen LogP contribution in [0.4, 0.5) is 5.69 Å². The van der Waals surface area contributed by atoms with Gasteiger partial charge in [-0.05, 0) is 31.7 Å². The average molecular weight is 292 g/mol. The van der Waals surface area contributed by atoms with Gasteiger partial charge in [0.05, 0.1) is 25.5 Å². The average Bonchev–Trinajstić information content (AvgIpc) is 3.01. The predicted octanol–water partition coefficient (Wildman–Crippen LogP) is 2.59. The van der Waals surface area contributed by atoms with E-state index in [-0.39, 0.29) is 11.9 Å². The summed E-state index contributed by atoms with van der Waals surface area (Å²) in [6.45, 7) is 2.06. The molecule has 1 aliphatic carbocycles. The Morgan fingerprint density at radius 2 is 1.95 bits per heavy atom. The quantitative estimate of drug-likeness (QED) is 0.818. The molecule has 3 N–H and O–H groups in total. The summed E-state index contributed by atoms with van der Waals surface area (Å²) in [5, 5.41) is 3.05. The van der Waals surface area contributed by atoms with E-state index in [2.05, 4.69) is 12.2 Å². The molecule has 1 fully saturated rings. The minimum Gasteiger partial charge on any atom is -0.497 e. The fourth-order valence-corrected chi connectivity index (χ4v) is 2.94. The molecule has 5 nitrogen and oxygen atoms in total. The first-order valence-corrected chi connectivity index (χ1v) is 7.39. The van der Waals surface area contributed by atoms with Crippen molar-refractivity contribution in [3.05, 3.63) is 17.7 Å². The maximum absolute atomic E-state index is 12.5. The van der Waals surface area contributed by atoms with Gasteiger partial charge in [0.2, 0.25) is 0 Å². The van der Waals surface area contributed by atoms with E-state index in [1.807, 2.05) is 0 Å². The van der Waals surface area contributed by atoms with Crippen LogP contribution in [0.5, 0.6) is 11.5 Å². The van der Waals surface area contributed by atoms with Gasteiger partial charge < -0.3 is 20.5 Å². The van der Waals surface area contributed by atoms with Gasteiger partial charge in [0.25, 0.3) is 5.91 Å². The molecule has 1 atom stereocenters. The number of rotatable bonds is 5. The van der Waals surface area contributed by atoms with E-state index >= 15 is 0 Å². The Hall–Kier alpha value is -1.91. The van der Waals surface area contributed by atoms with Crippen LogP contribution in [0.3, 0.4) is 0 Å². The molecule has 1 saturated carbocycles. The number of benzene rings is 1. The molecule has 0 aliphatic heterocycles. The molecule has 1 aromatic carbocycles. The lowest BCUT2D eigenvalue weighted by molar-refractivity contribution is 0.0927. The topological polar surface area (TPSA) is 73.6 Å². The fraction of sp³-hybridized carbons (Fsp3) is 0.562. The van der Waals surface area contributed by atoms with E-state index in [1.165, 1.54) is 32.8 Å². The fourth-order valence-electron chi connectivity index (χ4n) is 2.94. The second-order valence-electron chi connectivity index (χ2n) is 5.60. The normalized spacial score (nSPS) is 16.5. The highest BCUT2D eigenvalue weighted by atomic mass is 16.5. The van der Waals surface area contributed by atoms with E-state index in [4.69, 9.17) is 15.2 Å². The van der Waals surface area contributed by atoms with Crippen LogP contribution in [0.25, 0.3) is 0 Å². The molecule has 0 saturated heterocycles.